The Kier molecular flexibility index (Phi) is 4.74. The molecule has 3 aromatic heterocycles. The molecule has 0 fully saturated rings. The second-order valence-electron chi connectivity index (χ2n) is 5.66. The fraction of sp³-hybridized carbons (Fsp3) is 0.222. The summed E-state index contributed by atoms with van der Waals surface area (Å²) < 4.78 is 5.22. The molecule has 25 heavy (non-hydrogen) atoms. The first kappa shape index (κ1) is 16.6. The zero-order valence-corrected chi connectivity index (χ0v) is 14.0. The summed E-state index contributed by atoms with van der Waals surface area (Å²) in [5.41, 5.74) is 1.89. The van der Waals surface area contributed by atoms with Gasteiger partial charge >= 0.3 is 0 Å². The standard InChI is InChI=1S/C18H18N4O3/c1-11-10-12(2)21-16(20-11)7-8-19-17(23)13-5-6-14(22-18(13)24)15-4-3-9-25-15/h3-6,9-10H,7-8H2,1-2H3,(H,19,23)(H,22,24). The van der Waals surface area contributed by atoms with Crippen LogP contribution in [0.15, 0.2) is 45.8 Å². The number of aryl methyl sites for hydroxylation is 2. The summed E-state index contributed by atoms with van der Waals surface area (Å²) in [6, 6.07) is 8.47. The third-order valence-corrected chi connectivity index (χ3v) is 3.60. The van der Waals surface area contributed by atoms with Gasteiger partial charge in [0.05, 0.1) is 12.0 Å². The van der Waals surface area contributed by atoms with E-state index in [0.29, 0.717) is 30.2 Å². The number of carbonyl (C=O) groups excluding carboxylic acids is 1. The Morgan fingerprint density at radius 1 is 1.20 bits per heavy atom. The molecule has 0 saturated carbocycles. The van der Waals surface area contributed by atoms with E-state index in [0.717, 1.165) is 11.4 Å². The quantitative estimate of drug-likeness (QED) is 0.741. The van der Waals surface area contributed by atoms with Gasteiger partial charge in [0.1, 0.15) is 17.1 Å². The topological polar surface area (TPSA) is 101 Å². The summed E-state index contributed by atoms with van der Waals surface area (Å²) in [7, 11) is 0. The van der Waals surface area contributed by atoms with E-state index >= 15 is 0 Å². The van der Waals surface area contributed by atoms with Gasteiger partial charge in [-0.3, -0.25) is 9.59 Å². The van der Waals surface area contributed by atoms with Crippen molar-refractivity contribution in [3.05, 3.63) is 69.7 Å². The lowest BCUT2D eigenvalue weighted by Crippen LogP contribution is -2.31. The van der Waals surface area contributed by atoms with Gasteiger partial charge in [-0.1, -0.05) is 0 Å². The van der Waals surface area contributed by atoms with Crippen LogP contribution >= 0.6 is 0 Å². The molecule has 3 aromatic rings. The van der Waals surface area contributed by atoms with E-state index in [1.807, 2.05) is 19.9 Å². The van der Waals surface area contributed by atoms with Crippen molar-refractivity contribution in [1.82, 2.24) is 20.3 Å². The number of nitrogens with one attached hydrogen (secondary N) is 2. The SMILES string of the molecule is Cc1cc(C)nc(CCNC(=O)c2ccc(-c3ccco3)[nH]c2=O)n1. The van der Waals surface area contributed by atoms with Gasteiger partial charge in [-0.15, -0.1) is 0 Å². The lowest BCUT2D eigenvalue weighted by molar-refractivity contribution is 0.0952. The first-order valence-corrected chi connectivity index (χ1v) is 7.89. The number of carbonyl (C=O) groups is 1. The highest BCUT2D eigenvalue weighted by Crippen LogP contribution is 2.15. The number of aromatic amines is 1. The molecular weight excluding hydrogens is 320 g/mol. The molecular formula is C18H18N4O3. The van der Waals surface area contributed by atoms with Gasteiger partial charge in [0, 0.05) is 24.4 Å². The summed E-state index contributed by atoms with van der Waals surface area (Å²) in [5.74, 6) is 0.771. The number of pyridine rings is 1. The molecule has 0 atom stereocenters. The van der Waals surface area contributed by atoms with E-state index in [-0.39, 0.29) is 5.56 Å². The van der Waals surface area contributed by atoms with Crippen molar-refractivity contribution in [3.8, 4) is 11.5 Å². The van der Waals surface area contributed by atoms with Gasteiger partial charge in [-0.05, 0) is 44.2 Å². The molecule has 0 aliphatic heterocycles. The van der Waals surface area contributed by atoms with E-state index in [2.05, 4.69) is 20.3 Å². The summed E-state index contributed by atoms with van der Waals surface area (Å²) in [6.07, 6.45) is 2.01. The maximum absolute atomic E-state index is 12.2. The monoisotopic (exact) mass is 338 g/mol. The molecule has 3 rings (SSSR count). The van der Waals surface area contributed by atoms with Crippen molar-refractivity contribution in [2.24, 2.45) is 0 Å². The number of aromatic nitrogens is 3. The second kappa shape index (κ2) is 7.12. The third kappa shape index (κ3) is 4.00. The van der Waals surface area contributed by atoms with Crippen LogP contribution in [0.4, 0.5) is 0 Å². The number of nitrogens with zero attached hydrogens (tertiary/aromatic N) is 2. The van der Waals surface area contributed by atoms with Crippen LogP contribution in [0, 0.1) is 13.8 Å². The molecule has 1 amide bonds. The number of amides is 1. The highest BCUT2D eigenvalue weighted by Gasteiger charge is 2.12. The summed E-state index contributed by atoms with van der Waals surface area (Å²) in [5, 5.41) is 2.72. The van der Waals surface area contributed by atoms with Crippen LogP contribution in [-0.4, -0.2) is 27.4 Å². The highest BCUT2D eigenvalue weighted by molar-refractivity contribution is 5.94. The van der Waals surface area contributed by atoms with Crippen LogP contribution in [-0.2, 0) is 6.42 Å². The van der Waals surface area contributed by atoms with Crippen LogP contribution in [0.3, 0.4) is 0 Å². The fourth-order valence-corrected chi connectivity index (χ4v) is 2.52. The Labute approximate surface area is 144 Å². The molecule has 0 radical (unpaired) electrons. The predicted molar refractivity (Wildman–Crippen MR) is 92.3 cm³/mol. The van der Waals surface area contributed by atoms with Crippen LogP contribution in [0.5, 0.6) is 0 Å². The lowest BCUT2D eigenvalue weighted by atomic mass is 10.2. The molecule has 2 N–H and O–H groups in total. The number of H-pyrrole nitrogens is 1. The molecule has 0 aliphatic carbocycles. The molecule has 0 aliphatic rings. The van der Waals surface area contributed by atoms with Gasteiger partial charge in [0.15, 0.2) is 0 Å². The van der Waals surface area contributed by atoms with Gasteiger partial charge in [0.25, 0.3) is 11.5 Å². The largest absolute Gasteiger partial charge is 0.463 e. The van der Waals surface area contributed by atoms with Crippen molar-refractivity contribution >= 4 is 5.91 Å². The second-order valence-corrected chi connectivity index (χ2v) is 5.66. The smallest absolute Gasteiger partial charge is 0.261 e. The number of furan rings is 1. The van der Waals surface area contributed by atoms with E-state index < -0.39 is 11.5 Å². The number of rotatable bonds is 5. The van der Waals surface area contributed by atoms with Crippen LogP contribution in [0.25, 0.3) is 11.5 Å². The fourth-order valence-electron chi connectivity index (χ4n) is 2.52. The Morgan fingerprint density at radius 2 is 1.96 bits per heavy atom. The van der Waals surface area contributed by atoms with E-state index in [4.69, 9.17) is 4.42 Å². The Balaban J connectivity index is 1.64. The molecule has 0 bridgehead atoms. The molecule has 0 unspecified atom stereocenters. The molecule has 7 heteroatoms. The van der Waals surface area contributed by atoms with Crippen molar-refractivity contribution in [1.29, 1.82) is 0 Å². The van der Waals surface area contributed by atoms with Crippen molar-refractivity contribution < 1.29 is 9.21 Å². The normalized spacial score (nSPS) is 10.6. The third-order valence-electron chi connectivity index (χ3n) is 3.60. The molecule has 128 valence electrons. The van der Waals surface area contributed by atoms with Crippen LogP contribution in [0.1, 0.15) is 27.6 Å². The van der Waals surface area contributed by atoms with Crippen molar-refractivity contribution in [2.75, 3.05) is 6.54 Å². The van der Waals surface area contributed by atoms with E-state index in [9.17, 15) is 9.59 Å². The van der Waals surface area contributed by atoms with Gasteiger partial charge < -0.3 is 14.7 Å². The predicted octanol–water partition coefficient (Wildman–Crippen LogP) is 2.01. The minimum absolute atomic E-state index is 0.0525. The summed E-state index contributed by atoms with van der Waals surface area (Å²) >= 11 is 0. The van der Waals surface area contributed by atoms with Crippen molar-refractivity contribution in [2.45, 2.75) is 20.3 Å². The van der Waals surface area contributed by atoms with Gasteiger partial charge in [-0.2, -0.15) is 0 Å². The Morgan fingerprint density at radius 3 is 2.60 bits per heavy atom. The van der Waals surface area contributed by atoms with Gasteiger partial charge in [-0.25, -0.2) is 9.97 Å². The first-order valence-electron chi connectivity index (χ1n) is 7.89. The minimum Gasteiger partial charge on any atom is -0.463 e. The van der Waals surface area contributed by atoms with Crippen LogP contribution in [0.2, 0.25) is 0 Å². The molecule has 0 saturated heterocycles. The number of hydrogen-bond donors (Lipinski definition) is 2. The highest BCUT2D eigenvalue weighted by atomic mass is 16.3. The Bertz CT molecular complexity index is 925. The number of hydrogen-bond acceptors (Lipinski definition) is 5. The van der Waals surface area contributed by atoms with E-state index in [1.165, 1.54) is 12.3 Å². The zero-order chi connectivity index (χ0) is 17.8. The van der Waals surface area contributed by atoms with Crippen LogP contribution < -0.4 is 10.9 Å². The van der Waals surface area contributed by atoms with Gasteiger partial charge in [0.2, 0.25) is 0 Å². The molecule has 0 aromatic carbocycles. The average Bonchev–Trinajstić information content (AvgIpc) is 3.08. The lowest BCUT2D eigenvalue weighted by Gasteiger charge is -2.06. The van der Waals surface area contributed by atoms with Crippen molar-refractivity contribution in [3.63, 3.8) is 0 Å². The molecule has 3 heterocycles. The Hall–Kier alpha value is -3.22. The maximum Gasteiger partial charge on any atom is 0.261 e. The first-order chi connectivity index (χ1) is 12.0. The van der Waals surface area contributed by atoms with E-state index in [1.54, 1.807) is 18.2 Å². The maximum atomic E-state index is 12.2. The summed E-state index contributed by atoms with van der Waals surface area (Å²) in [4.78, 5) is 35.6. The molecule has 0 spiro atoms. The zero-order valence-electron chi connectivity index (χ0n) is 14.0. The molecule has 7 nitrogen and oxygen atoms in total. The summed E-state index contributed by atoms with van der Waals surface area (Å²) in [6.45, 7) is 4.15. The average molecular weight is 338 g/mol. The minimum atomic E-state index is -0.464.